The lowest BCUT2D eigenvalue weighted by atomic mass is 10.1. The van der Waals surface area contributed by atoms with E-state index in [4.69, 9.17) is 0 Å². The molecule has 3 aromatic carbocycles. The minimum Gasteiger partial charge on any atom is -0.378 e. The van der Waals surface area contributed by atoms with E-state index in [9.17, 15) is 0 Å². The predicted molar refractivity (Wildman–Crippen MR) is 120 cm³/mol. The summed E-state index contributed by atoms with van der Waals surface area (Å²) in [5.41, 5.74) is 6.86. The molecule has 3 heteroatoms. The number of nitrogens with zero attached hydrogens (tertiary/aromatic N) is 3. The van der Waals surface area contributed by atoms with E-state index in [-0.39, 0.29) is 0 Å². The summed E-state index contributed by atoms with van der Waals surface area (Å²) in [5.74, 6) is 0. The first-order valence-corrected chi connectivity index (χ1v) is 9.07. The van der Waals surface area contributed by atoms with E-state index < -0.39 is 0 Å². The molecule has 0 amide bonds. The average Bonchev–Trinajstić information content (AvgIpc) is 2.69. The van der Waals surface area contributed by atoms with Gasteiger partial charge < -0.3 is 14.7 Å². The molecule has 138 valence electrons. The molecule has 0 saturated carbocycles. The maximum atomic E-state index is 3.85. The van der Waals surface area contributed by atoms with Crippen molar-refractivity contribution >= 4 is 34.5 Å². The lowest BCUT2D eigenvalue weighted by molar-refractivity contribution is 1.13. The summed E-state index contributed by atoms with van der Waals surface area (Å²) in [5, 5.41) is 0. The molecule has 3 aromatic rings. The highest BCUT2D eigenvalue weighted by atomic mass is 15.1. The molecule has 0 radical (unpaired) electrons. The molecule has 0 saturated heterocycles. The van der Waals surface area contributed by atoms with Gasteiger partial charge in [0.1, 0.15) is 0 Å². The highest BCUT2D eigenvalue weighted by Gasteiger charge is 2.13. The average molecular weight is 358 g/mol. The topological polar surface area (TPSA) is 9.72 Å². The van der Waals surface area contributed by atoms with Gasteiger partial charge >= 0.3 is 0 Å². The molecule has 0 fully saturated rings. The zero-order valence-electron chi connectivity index (χ0n) is 16.6. The molecule has 0 aromatic heterocycles. The Bertz CT molecular complexity index is 825. The first-order chi connectivity index (χ1) is 13.0. The van der Waals surface area contributed by atoms with Crippen LogP contribution in [0.4, 0.5) is 28.4 Å². The summed E-state index contributed by atoms with van der Waals surface area (Å²) in [4.78, 5) is 6.49. The minimum absolute atomic E-state index is 1.12. The van der Waals surface area contributed by atoms with Crippen molar-refractivity contribution in [2.24, 2.45) is 0 Å². The van der Waals surface area contributed by atoms with E-state index in [1.807, 2.05) is 6.08 Å². The Morgan fingerprint density at radius 2 is 0.815 bits per heavy atom. The molecule has 27 heavy (non-hydrogen) atoms. The SMILES string of the molecule is C=Cc1ccc(N(c2ccc(N(C)C)cc2)c2ccc(N(C)C)cc2)cc1. The van der Waals surface area contributed by atoms with E-state index in [0.717, 1.165) is 22.6 Å². The second-order valence-corrected chi connectivity index (χ2v) is 6.95. The van der Waals surface area contributed by atoms with E-state index in [1.165, 1.54) is 11.4 Å². The van der Waals surface area contributed by atoms with Crippen LogP contribution >= 0.6 is 0 Å². The van der Waals surface area contributed by atoms with Crippen LogP contribution in [0.25, 0.3) is 6.08 Å². The van der Waals surface area contributed by atoms with Gasteiger partial charge in [-0.05, 0) is 66.2 Å². The van der Waals surface area contributed by atoms with Crippen LogP contribution < -0.4 is 14.7 Å². The molecule has 0 aliphatic rings. The van der Waals surface area contributed by atoms with Crippen LogP contribution in [0.1, 0.15) is 5.56 Å². The summed E-state index contributed by atoms with van der Waals surface area (Å²) in [6, 6.07) is 25.7. The Morgan fingerprint density at radius 3 is 1.11 bits per heavy atom. The van der Waals surface area contributed by atoms with Crippen molar-refractivity contribution in [3.05, 3.63) is 84.9 Å². The highest BCUT2D eigenvalue weighted by Crippen LogP contribution is 2.36. The molecule has 0 heterocycles. The van der Waals surface area contributed by atoms with E-state index >= 15 is 0 Å². The lowest BCUT2D eigenvalue weighted by Gasteiger charge is -2.27. The van der Waals surface area contributed by atoms with Crippen molar-refractivity contribution in [2.45, 2.75) is 0 Å². The summed E-state index contributed by atoms with van der Waals surface area (Å²) >= 11 is 0. The Kier molecular flexibility index (Phi) is 5.51. The largest absolute Gasteiger partial charge is 0.378 e. The predicted octanol–water partition coefficient (Wildman–Crippen LogP) is 5.93. The Balaban J connectivity index is 2.05. The van der Waals surface area contributed by atoms with Crippen LogP contribution in [0.15, 0.2) is 79.4 Å². The standard InChI is InChI=1S/C24H27N3/c1-6-19-7-9-22(10-8-19)27(23-15-11-20(12-16-23)25(2)3)24-17-13-21(14-18-24)26(4)5/h6-18H,1H2,2-5H3. The summed E-state index contributed by atoms with van der Waals surface area (Å²) in [7, 11) is 8.23. The number of hydrogen-bond donors (Lipinski definition) is 0. The van der Waals surface area contributed by atoms with Gasteiger partial charge in [0, 0.05) is 56.6 Å². The fraction of sp³-hybridized carbons (Fsp3) is 0.167. The maximum absolute atomic E-state index is 3.85. The second kappa shape index (κ2) is 8.00. The van der Waals surface area contributed by atoms with Crippen LogP contribution in [0.3, 0.4) is 0 Å². The minimum atomic E-state index is 1.12. The molecule has 3 rings (SSSR count). The summed E-state index contributed by atoms with van der Waals surface area (Å²) in [6.07, 6.45) is 1.87. The van der Waals surface area contributed by atoms with Gasteiger partial charge in [-0.15, -0.1) is 0 Å². The molecule has 0 unspecified atom stereocenters. The molecular formula is C24H27N3. The van der Waals surface area contributed by atoms with E-state index in [0.29, 0.717) is 0 Å². The van der Waals surface area contributed by atoms with Gasteiger partial charge in [-0.25, -0.2) is 0 Å². The van der Waals surface area contributed by atoms with Crippen molar-refractivity contribution in [1.82, 2.24) is 0 Å². The maximum Gasteiger partial charge on any atom is 0.0463 e. The first-order valence-electron chi connectivity index (χ1n) is 9.07. The van der Waals surface area contributed by atoms with Gasteiger partial charge in [-0.1, -0.05) is 24.8 Å². The third kappa shape index (κ3) is 4.14. The molecule has 3 nitrogen and oxygen atoms in total. The molecule has 0 spiro atoms. The fourth-order valence-corrected chi connectivity index (χ4v) is 3.01. The Hall–Kier alpha value is -3.20. The van der Waals surface area contributed by atoms with Crippen LogP contribution in [-0.4, -0.2) is 28.2 Å². The van der Waals surface area contributed by atoms with Gasteiger partial charge in [0.05, 0.1) is 0 Å². The fourth-order valence-electron chi connectivity index (χ4n) is 3.01. The number of rotatable bonds is 6. The molecule has 0 aliphatic carbocycles. The van der Waals surface area contributed by atoms with Crippen LogP contribution in [0.5, 0.6) is 0 Å². The van der Waals surface area contributed by atoms with Crippen molar-refractivity contribution in [1.29, 1.82) is 0 Å². The van der Waals surface area contributed by atoms with Gasteiger partial charge in [0.15, 0.2) is 0 Å². The Labute approximate surface area is 162 Å². The third-order valence-corrected chi connectivity index (χ3v) is 4.64. The van der Waals surface area contributed by atoms with Gasteiger partial charge in [-0.3, -0.25) is 0 Å². The summed E-state index contributed by atoms with van der Waals surface area (Å²) < 4.78 is 0. The van der Waals surface area contributed by atoms with E-state index in [1.54, 1.807) is 0 Å². The van der Waals surface area contributed by atoms with Crippen LogP contribution in [-0.2, 0) is 0 Å². The van der Waals surface area contributed by atoms with Crippen molar-refractivity contribution < 1.29 is 0 Å². The molecule has 0 atom stereocenters. The highest BCUT2D eigenvalue weighted by molar-refractivity contribution is 5.78. The van der Waals surface area contributed by atoms with Crippen LogP contribution in [0.2, 0.25) is 0 Å². The zero-order chi connectivity index (χ0) is 19.4. The number of anilines is 5. The zero-order valence-corrected chi connectivity index (χ0v) is 16.6. The first kappa shape index (κ1) is 18.6. The molecular weight excluding hydrogens is 330 g/mol. The monoisotopic (exact) mass is 357 g/mol. The van der Waals surface area contributed by atoms with Crippen molar-refractivity contribution in [3.63, 3.8) is 0 Å². The van der Waals surface area contributed by atoms with Crippen molar-refractivity contribution in [2.75, 3.05) is 42.9 Å². The summed E-state index contributed by atoms with van der Waals surface area (Å²) in [6.45, 7) is 3.85. The van der Waals surface area contributed by atoms with Gasteiger partial charge in [-0.2, -0.15) is 0 Å². The quantitative estimate of drug-likeness (QED) is 0.541. The normalized spacial score (nSPS) is 10.4. The Morgan fingerprint density at radius 1 is 0.519 bits per heavy atom. The number of hydrogen-bond acceptors (Lipinski definition) is 3. The van der Waals surface area contributed by atoms with E-state index in [2.05, 4.69) is 122 Å². The van der Waals surface area contributed by atoms with Crippen molar-refractivity contribution in [3.8, 4) is 0 Å². The molecule has 0 N–H and O–H groups in total. The van der Waals surface area contributed by atoms with Gasteiger partial charge in [0.25, 0.3) is 0 Å². The third-order valence-electron chi connectivity index (χ3n) is 4.64. The van der Waals surface area contributed by atoms with Crippen LogP contribution in [0, 0.1) is 0 Å². The molecule has 0 aliphatic heterocycles. The smallest absolute Gasteiger partial charge is 0.0463 e. The molecule has 0 bridgehead atoms. The number of benzene rings is 3. The second-order valence-electron chi connectivity index (χ2n) is 6.95. The van der Waals surface area contributed by atoms with Gasteiger partial charge in [0.2, 0.25) is 0 Å². The lowest BCUT2D eigenvalue weighted by Crippen LogP contribution is -2.12.